The van der Waals surface area contributed by atoms with Crippen molar-refractivity contribution >= 4 is 31.6 Å². The minimum Gasteiger partial charge on any atom is -0.362 e. The predicted octanol–water partition coefficient (Wildman–Crippen LogP) is 3.26. The van der Waals surface area contributed by atoms with Gasteiger partial charge in [-0.1, -0.05) is 28.1 Å². The van der Waals surface area contributed by atoms with E-state index in [1.165, 1.54) is 12.1 Å². The molecule has 1 heterocycles. The van der Waals surface area contributed by atoms with Gasteiger partial charge in [0.1, 0.15) is 16.5 Å². The van der Waals surface area contributed by atoms with Crippen molar-refractivity contribution in [3.05, 3.63) is 52.3 Å². The van der Waals surface area contributed by atoms with Crippen molar-refractivity contribution in [3.63, 3.8) is 0 Å². The van der Waals surface area contributed by atoms with Crippen LogP contribution in [0.2, 0.25) is 0 Å². The summed E-state index contributed by atoms with van der Waals surface area (Å²) in [5.74, 6) is -1.51. The molecule has 1 aliphatic rings. The van der Waals surface area contributed by atoms with Crippen molar-refractivity contribution in [2.24, 2.45) is 4.99 Å². The van der Waals surface area contributed by atoms with Crippen molar-refractivity contribution in [2.75, 3.05) is 12.8 Å². The fourth-order valence-corrected chi connectivity index (χ4v) is 3.73. The second-order valence-electron chi connectivity index (χ2n) is 6.23. The highest BCUT2D eigenvalue weighted by atomic mass is 79.9. The van der Waals surface area contributed by atoms with Gasteiger partial charge in [0.15, 0.2) is 9.84 Å². The minimum absolute atomic E-state index is 0.104. The molecule has 1 unspecified atom stereocenters. The Balaban J connectivity index is 2.20. The Bertz CT molecular complexity index is 1070. The van der Waals surface area contributed by atoms with Gasteiger partial charge in [-0.15, -0.1) is 0 Å². The zero-order chi connectivity index (χ0) is 20.9. The third-order valence-electron chi connectivity index (χ3n) is 4.15. The van der Waals surface area contributed by atoms with Gasteiger partial charge in [-0.2, -0.15) is 13.2 Å². The van der Waals surface area contributed by atoms with Crippen LogP contribution >= 0.6 is 15.9 Å². The van der Waals surface area contributed by atoms with Crippen LogP contribution in [0.5, 0.6) is 0 Å². The summed E-state index contributed by atoms with van der Waals surface area (Å²) in [6, 6.07) is 8.21. The van der Waals surface area contributed by atoms with Gasteiger partial charge in [0.05, 0.1) is 6.54 Å². The molecule has 1 aliphatic heterocycles. The molecule has 2 aromatic carbocycles. The van der Waals surface area contributed by atoms with Crippen molar-refractivity contribution in [3.8, 4) is 11.1 Å². The molecule has 0 spiro atoms. The van der Waals surface area contributed by atoms with Crippen LogP contribution in [0.4, 0.5) is 17.6 Å². The van der Waals surface area contributed by atoms with Crippen LogP contribution in [0.1, 0.15) is 5.56 Å². The van der Waals surface area contributed by atoms with Crippen molar-refractivity contribution < 1.29 is 31.1 Å². The van der Waals surface area contributed by atoms with Crippen LogP contribution in [0.3, 0.4) is 0 Å². The third-order valence-corrected chi connectivity index (χ3v) is 5.80. The van der Waals surface area contributed by atoms with Crippen LogP contribution in [-0.2, 0) is 9.84 Å². The Morgan fingerprint density at radius 2 is 1.79 bits per heavy atom. The Labute approximate surface area is 166 Å². The number of nitrogens with one attached hydrogen (secondary N) is 1. The molecule has 28 heavy (non-hydrogen) atoms. The first-order chi connectivity index (χ1) is 12.8. The lowest BCUT2D eigenvalue weighted by Gasteiger charge is -2.26. The fraction of sp³-hybridized carbons (Fsp3) is 0.235. The number of aliphatic hydroxyl groups is 1. The molecule has 1 atom stereocenters. The standard InChI is InChI=1S/C17H13BrF4N2O3S/c1-28(26,27)12-7-6-11(15-23-8-16(25,24-15)17(20,21)22)13(14(12)19)9-2-4-10(18)5-3-9/h2-7,25H,8H2,1H3,(H,23,24). The number of halogens is 5. The molecular formula is C17H13BrF4N2O3S. The van der Waals surface area contributed by atoms with E-state index in [0.717, 1.165) is 18.4 Å². The van der Waals surface area contributed by atoms with Crippen LogP contribution < -0.4 is 5.32 Å². The van der Waals surface area contributed by atoms with Gasteiger partial charge in [0.2, 0.25) is 0 Å². The average Bonchev–Trinajstić information content (AvgIpc) is 2.98. The summed E-state index contributed by atoms with van der Waals surface area (Å²) in [5, 5.41) is 11.6. The molecule has 150 valence electrons. The topological polar surface area (TPSA) is 78.8 Å². The SMILES string of the molecule is CS(=O)(=O)c1ccc(C2=NCC(O)(C(F)(F)F)N2)c(-c2ccc(Br)cc2)c1F. The maximum atomic E-state index is 15.1. The monoisotopic (exact) mass is 480 g/mol. The number of amidine groups is 1. The van der Waals surface area contributed by atoms with E-state index in [0.29, 0.717) is 4.47 Å². The molecule has 0 saturated carbocycles. The number of nitrogens with zero attached hydrogens (tertiary/aromatic N) is 1. The third kappa shape index (κ3) is 3.65. The first-order valence-corrected chi connectivity index (χ1v) is 10.4. The Kier molecular flexibility index (Phi) is 5.05. The number of aliphatic imine (C=N–C) groups is 1. The molecule has 0 aliphatic carbocycles. The highest BCUT2D eigenvalue weighted by Gasteiger charge is 2.57. The summed E-state index contributed by atoms with van der Waals surface area (Å²) in [6.07, 6.45) is -4.19. The molecule has 0 bridgehead atoms. The van der Waals surface area contributed by atoms with E-state index >= 15 is 4.39 Å². The number of hydrogen-bond acceptors (Lipinski definition) is 5. The number of sulfone groups is 1. The van der Waals surface area contributed by atoms with Crippen molar-refractivity contribution in [1.82, 2.24) is 5.32 Å². The molecule has 5 nitrogen and oxygen atoms in total. The lowest BCUT2D eigenvalue weighted by molar-refractivity contribution is -0.258. The zero-order valence-corrected chi connectivity index (χ0v) is 16.6. The van der Waals surface area contributed by atoms with Gasteiger partial charge >= 0.3 is 6.18 Å². The quantitative estimate of drug-likeness (QED) is 0.660. The maximum absolute atomic E-state index is 15.1. The van der Waals surface area contributed by atoms with Crippen LogP contribution in [-0.4, -0.2) is 44.1 Å². The molecule has 2 N–H and O–H groups in total. The molecule has 2 aromatic rings. The van der Waals surface area contributed by atoms with Crippen molar-refractivity contribution in [1.29, 1.82) is 0 Å². The zero-order valence-electron chi connectivity index (χ0n) is 14.2. The van der Waals surface area contributed by atoms with Crippen LogP contribution in [0, 0.1) is 5.82 Å². The second-order valence-corrected chi connectivity index (χ2v) is 9.13. The van der Waals surface area contributed by atoms with E-state index < -0.39 is 44.8 Å². The second kappa shape index (κ2) is 6.82. The summed E-state index contributed by atoms with van der Waals surface area (Å²) in [4.78, 5) is 3.07. The Hall–Kier alpha value is -1.98. The molecule has 11 heteroatoms. The maximum Gasteiger partial charge on any atom is 0.438 e. The van der Waals surface area contributed by atoms with E-state index in [4.69, 9.17) is 0 Å². The Morgan fingerprint density at radius 1 is 1.18 bits per heavy atom. The highest BCUT2D eigenvalue weighted by Crippen LogP contribution is 2.36. The summed E-state index contributed by atoms with van der Waals surface area (Å²) in [7, 11) is -3.93. The molecular weight excluding hydrogens is 468 g/mol. The normalized spacial score (nSPS) is 20.0. The molecule has 3 rings (SSSR count). The number of benzene rings is 2. The van der Waals surface area contributed by atoms with Crippen LogP contribution in [0.15, 0.2) is 50.8 Å². The molecule has 0 saturated heterocycles. The number of rotatable bonds is 3. The van der Waals surface area contributed by atoms with Gasteiger partial charge in [0.25, 0.3) is 5.72 Å². The number of hydrogen-bond donors (Lipinski definition) is 2. The van der Waals surface area contributed by atoms with E-state index in [9.17, 15) is 26.7 Å². The summed E-state index contributed by atoms with van der Waals surface area (Å²) < 4.78 is 78.7. The largest absolute Gasteiger partial charge is 0.438 e. The van der Waals surface area contributed by atoms with Gasteiger partial charge in [0, 0.05) is 21.9 Å². The molecule has 0 radical (unpaired) electrons. The van der Waals surface area contributed by atoms with E-state index in [1.54, 1.807) is 12.1 Å². The molecule has 0 fully saturated rings. The first-order valence-electron chi connectivity index (χ1n) is 7.74. The lowest BCUT2D eigenvalue weighted by atomic mass is 9.98. The van der Waals surface area contributed by atoms with Gasteiger partial charge in [-0.25, -0.2) is 12.8 Å². The molecule has 0 aromatic heterocycles. The summed E-state index contributed by atoms with van der Waals surface area (Å²) >= 11 is 3.22. The number of alkyl halides is 3. The summed E-state index contributed by atoms with van der Waals surface area (Å²) in [5.41, 5.74) is -3.40. The van der Waals surface area contributed by atoms with Crippen molar-refractivity contribution in [2.45, 2.75) is 16.8 Å². The fourth-order valence-electron chi connectivity index (χ4n) is 2.72. The van der Waals surface area contributed by atoms with Gasteiger partial charge < -0.3 is 10.4 Å². The van der Waals surface area contributed by atoms with Gasteiger partial charge in [-0.3, -0.25) is 4.99 Å². The molecule has 0 amide bonds. The van der Waals surface area contributed by atoms with E-state index in [2.05, 4.69) is 20.9 Å². The summed E-state index contributed by atoms with van der Waals surface area (Å²) in [6.45, 7) is -1.01. The highest BCUT2D eigenvalue weighted by molar-refractivity contribution is 9.10. The predicted molar refractivity (Wildman–Crippen MR) is 98.2 cm³/mol. The Morgan fingerprint density at radius 3 is 2.29 bits per heavy atom. The smallest absolute Gasteiger partial charge is 0.362 e. The van der Waals surface area contributed by atoms with Gasteiger partial charge in [-0.05, 0) is 29.8 Å². The minimum atomic E-state index is -5.01. The van der Waals surface area contributed by atoms with E-state index in [-0.39, 0.29) is 16.7 Å². The van der Waals surface area contributed by atoms with Crippen LogP contribution in [0.25, 0.3) is 11.1 Å². The van der Waals surface area contributed by atoms with E-state index in [1.807, 2.05) is 5.32 Å². The lowest BCUT2D eigenvalue weighted by Crippen LogP contribution is -2.57. The average molecular weight is 481 g/mol. The first kappa shape index (κ1) is 20.7.